The Morgan fingerprint density at radius 3 is 1.60 bits per heavy atom. The first-order valence-electron chi connectivity index (χ1n) is 13.8. The van der Waals surface area contributed by atoms with Gasteiger partial charge in [0, 0.05) is 0 Å². The minimum atomic E-state index is -1.01. The van der Waals surface area contributed by atoms with Gasteiger partial charge in [-0.2, -0.15) is 0 Å². The van der Waals surface area contributed by atoms with E-state index in [1.807, 2.05) is 91.0 Å². The lowest BCUT2D eigenvalue weighted by Crippen LogP contribution is -2.48. The molecule has 4 N–H and O–H groups in total. The zero-order valence-electron chi connectivity index (χ0n) is 23.6. The van der Waals surface area contributed by atoms with Gasteiger partial charge >= 0.3 is 18.0 Å². The summed E-state index contributed by atoms with van der Waals surface area (Å²) < 4.78 is 15.9. The first-order chi connectivity index (χ1) is 20.3. The number of benzene rings is 3. The Labute approximate surface area is 245 Å². The Hall–Kier alpha value is -4.70. The number of hydrogen-bond donors (Lipinski definition) is 3. The molecule has 10 nitrogen and oxygen atoms in total. The fourth-order valence-electron chi connectivity index (χ4n) is 3.89. The molecule has 42 heavy (non-hydrogen) atoms. The minimum absolute atomic E-state index is 0.0372. The number of amides is 2. The van der Waals surface area contributed by atoms with E-state index in [0.29, 0.717) is 6.42 Å². The van der Waals surface area contributed by atoms with Crippen molar-refractivity contribution in [3.8, 4) is 0 Å². The van der Waals surface area contributed by atoms with E-state index >= 15 is 0 Å². The second-order valence-corrected chi connectivity index (χ2v) is 9.71. The van der Waals surface area contributed by atoms with Crippen molar-refractivity contribution in [1.82, 2.24) is 10.6 Å². The Bertz CT molecular complexity index is 1270. The van der Waals surface area contributed by atoms with Gasteiger partial charge in [-0.05, 0) is 42.9 Å². The summed E-state index contributed by atoms with van der Waals surface area (Å²) >= 11 is 0. The lowest BCUT2D eigenvalue weighted by molar-refractivity contribution is -0.149. The molecule has 222 valence electrons. The standard InChI is InChI=1S/C32H37N3O7/c1-23(30(37)40-20-24-12-5-2-6-13-24)34-29(36)27(33)18-11-19-28(31(38)41-21-25-14-7-3-8-15-25)35-32(39)42-22-26-16-9-4-10-17-26/h2-10,12-17,23,27-28H,11,18-22,33H2,1H3,(H,34,36)(H,35,39)/t23-,27-,28?/m1/s1. The Morgan fingerprint density at radius 2 is 1.10 bits per heavy atom. The number of hydrogen-bond acceptors (Lipinski definition) is 8. The molecule has 1 unspecified atom stereocenters. The van der Waals surface area contributed by atoms with E-state index in [0.717, 1.165) is 16.7 Å². The summed E-state index contributed by atoms with van der Waals surface area (Å²) in [6.45, 7) is 1.68. The van der Waals surface area contributed by atoms with Crippen molar-refractivity contribution in [3.63, 3.8) is 0 Å². The number of carbonyl (C=O) groups excluding carboxylic acids is 4. The lowest BCUT2D eigenvalue weighted by atomic mass is 10.0. The van der Waals surface area contributed by atoms with Gasteiger partial charge in [0.1, 0.15) is 31.9 Å². The van der Waals surface area contributed by atoms with Crippen LogP contribution < -0.4 is 16.4 Å². The molecular weight excluding hydrogens is 538 g/mol. The predicted octanol–water partition coefficient (Wildman–Crippen LogP) is 3.77. The number of ether oxygens (including phenoxy) is 3. The molecule has 0 fully saturated rings. The van der Waals surface area contributed by atoms with Gasteiger partial charge in [-0.15, -0.1) is 0 Å². The third kappa shape index (κ3) is 11.4. The fourth-order valence-corrected chi connectivity index (χ4v) is 3.89. The van der Waals surface area contributed by atoms with Crippen LogP contribution in [-0.2, 0) is 48.4 Å². The zero-order valence-corrected chi connectivity index (χ0v) is 23.6. The number of nitrogens with one attached hydrogen (secondary N) is 2. The van der Waals surface area contributed by atoms with Crippen LogP contribution in [0.1, 0.15) is 42.9 Å². The van der Waals surface area contributed by atoms with Crippen LogP contribution in [0.25, 0.3) is 0 Å². The molecule has 0 saturated carbocycles. The summed E-state index contributed by atoms with van der Waals surface area (Å²) in [4.78, 5) is 50.2. The normalized spacial score (nSPS) is 12.7. The molecule has 0 spiro atoms. The van der Waals surface area contributed by atoms with Gasteiger partial charge in [-0.3, -0.25) is 4.79 Å². The van der Waals surface area contributed by atoms with Crippen LogP contribution in [0.2, 0.25) is 0 Å². The maximum Gasteiger partial charge on any atom is 0.408 e. The van der Waals surface area contributed by atoms with E-state index in [1.165, 1.54) is 6.92 Å². The number of alkyl carbamates (subject to hydrolysis) is 1. The molecule has 3 aromatic carbocycles. The van der Waals surface area contributed by atoms with E-state index in [-0.39, 0.29) is 32.7 Å². The molecule has 0 heterocycles. The smallest absolute Gasteiger partial charge is 0.408 e. The molecular formula is C32H37N3O7. The number of nitrogens with two attached hydrogens (primary N) is 1. The van der Waals surface area contributed by atoms with Crippen molar-refractivity contribution in [3.05, 3.63) is 108 Å². The largest absolute Gasteiger partial charge is 0.459 e. The molecule has 0 aliphatic rings. The molecule has 0 aromatic heterocycles. The summed E-state index contributed by atoms with van der Waals surface area (Å²) in [6, 6.07) is 24.6. The molecule has 3 rings (SSSR count). The van der Waals surface area contributed by atoms with Crippen molar-refractivity contribution in [1.29, 1.82) is 0 Å². The topological polar surface area (TPSA) is 146 Å². The van der Waals surface area contributed by atoms with Gasteiger partial charge in [0.05, 0.1) is 6.04 Å². The van der Waals surface area contributed by atoms with Crippen molar-refractivity contribution < 1.29 is 33.4 Å². The molecule has 0 radical (unpaired) electrons. The molecule has 0 aliphatic heterocycles. The molecule has 0 aliphatic carbocycles. The van der Waals surface area contributed by atoms with Crippen LogP contribution in [-0.4, -0.2) is 42.1 Å². The van der Waals surface area contributed by atoms with E-state index < -0.39 is 42.1 Å². The van der Waals surface area contributed by atoms with Gasteiger partial charge in [-0.25, -0.2) is 14.4 Å². The zero-order chi connectivity index (χ0) is 30.2. The van der Waals surface area contributed by atoms with Gasteiger partial charge < -0.3 is 30.6 Å². The Kier molecular flexibility index (Phi) is 13.0. The summed E-state index contributed by atoms with van der Waals surface area (Å²) in [7, 11) is 0. The summed E-state index contributed by atoms with van der Waals surface area (Å²) in [5, 5.41) is 5.12. The van der Waals surface area contributed by atoms with Crippen LogP contribution in [0.4, 0.5) is 4.79 Å². The van der Waals surface area contributed by atoms with Crippen molar-refractivity contribution in [2.24, 2.45) is 5.73 Å². The fraction of sp³-hybridized carbons (Fsp3) is 0.312. The monoisotopic (exact) mass is 575 g/mol. The molecule has 3 aromatic rings. The van der Waals surface area contributed by atoms with Crippen LogP contribution in [0.15, 0.2) is 91.0 Å². The number of rotatable bonds is 15. The number of esters is 2. The first-order valence-corrected chi connectivity index (χ1v) is 13.8. The van der Waals surface area contributed by atoms with Gasteiger partial charge in [0.2, 0.25) is 5.91 Å². The van der Waals surface area contributed by atoms with Crippen LogP contribution >= 0.6 is 0 Å². The third-order valence-electron chi connectivity index (χ3n) is 6.29. The van der Waals surface area contributed by atoms with E-state index in [4.69, 9.17) is 19.9 Å². The lowest BCUT2D eigenvalue weighted by Gasteiger charge is -2.19. The summed E-state index contributed by atoms with van der Waals surface area (Å²) in [6.07, 6.45) is -0.110. The Balaban J connectivity index is 1.47. The van der Waals surface area contributed by atoms with Crippen molar-refractivity contribution in [2.45, 2.75) is 64.1 Å². The SMILES string of the molecule is C[C@@H](NC(=O)[C@H](N)CCCC(NC(=O)OCc1ccccc1)C(=O)OCc1ccccc1)C(=O)OCc1ccccc1. The Morgan fingerprint density at radius 1 is 0.643 bits per heavy atom. The highest BCUT2D eigenvalue weighted by atomic mass is 16.6. The van der Waals surface area contributed by atoms with Crippen molar-refractivity contribution in [2.75, 3.05) is 0 Å². The molecule has 10 heteroatoms. The highest BCUT2D eigenvalue weighted by Gasteiger charge is 2.25. The van der Waals surface area contributed by atoms with Gasteiger partial charge in [0.15, 0.2) is 0 Å². The second-order valence-electron chi connectivity index (χ2n) is 9.71. The maximum atomic E-state index is 12.9. The quantitative estimate of drug-likeness (QED) is 0.183. The predicted molar refractivity (Wildman–Crippen MR) is 155 cm³/mol. The molecule has 0 bridgehead atoms. The third-order valence-corrected chi connectivity index (χ3v) is 6.29. The van der Waals surface area contributed by atoms with Crippen LogP contribution in [0.3, 0.4) is 0 Å². The summed E-state index contributed by atoms with van der Waals surface area (Å²) in [5.74, 6) is -1.75. The van der Waals surface area contributed by atoms with Crippen LogP contribution in [0, 0.1) is 0 Å². The maximum absolute atomic E-state index is 12.9. The average Bonchev–Trinajstić information content (AvgIpc) is 3.02. The first kappa shape index (κ1) is 31.8. The molecule has 2 amide bonds. The van der Waals surface area contributed by atoms with Gasteiger partial charge in [0.25, 0.3) is 0 Å². The van der Waals surface area contributed by atoms with E-state index in [2.05, 4.69) is 10.6 Å². The molecule has 3 atom stereocenters. The van der Waals surface area contributed by atoms with Gasteiger partial charge in [-0.1, -0.05) is 91.0 Å². The van der Waals surface area contributed by atoms with E-state index in [9.17, 15) is 19.2 Å². The summed E-state index contributed by atoms with van der Waals surface area (Å²) in [5.41, 5.74) is 8.47. The number of carbonyl (C=O) groups is 4. The average molecular weight is 576 g/mol. The highest BCUT2D eigenvalue weighted by molar-refractivity contribution is 5.87. The minimum Gasteiger partial charge on any atom is -0.459 e. The van der Waals surface area contributed by atoms with E-state index in [1.54, 1.807) is 0 Å². The molecule has 0 saturated heterocycles. The van der Waals surface area contributed by atoms with Crippen LogP contribution in [0.5, 0.6) is 0 Å². The second kappa shape index (κ2) is 17.2. The highest BCUT2D eigenvalue weighted by Crippen LogP contribution is 2.10. The van der Waals surface area contributed by atoms with Crippen molar-refractivity contribution >= 4 is 23.9 Å².